The van der Waals surface area contributed by atoms with Crippen LogP contribution in [0.1, 0.15) is 52.2 Å². The number of ether oxygens (including phenoxy) is 1. The first kappa shape index (κ1) is 31.4. The number of aliphatic hydroxyl groups is 1. The highest BCUT2D eigenvalue weighted by Gasteiger charge is 2.67. The number of benzene rings is 3. The molecule has 4 atom stereocenters. The molecule has 0 unspecified atom stereocenters. The lowest BCUT2D eigenvalue weighted by Gasteiger charge is -2.42. The van der Waals surface area contributed by atoms with Crippen LogP contribution in [0.25, 0.3) is 0 Å². The number of esters is 1. The average Bonchev–Trinajstić information content (AvgIpc) is 3.44. The van der Waals surface area contributed by atoms with Gasteiger partial charge in [0.25, 0.3) is 5.69 Å². The molecule has 3 N–H and O–H groups in total. The summed E-state index contributed by atoms with van der Waals surface area (Å²) in [5.41, 5.74) is -0.250. The van der Waals surface area contributed by atoms with Crippen molar-refractivity contribution >= 4 is 46.5 Å². The van der Waals surface area contributed by atoms with Gasteiger partial charge in [0.1, 0.15) is 11.4 Å². The number of rotatable bonds is 9. The number of aliphatic hydroxyl groups excluding tert-OH is 1. The maximum absolute atomic E-state index is 16.1. The van der Waals surface area contributed by atoms with Crippen LogP contribution >= 0.6 is 23.2 Å². The van der Waals surface area contributed by atoms with E-state index in [0.29, 0.717) is 22.8 Å². The Morgan fingerprint density at radius 3 is 2.67 bits per heavy atom. The van der Waals surface area contributed by atoms with Gasteiger partial charge in [0.05, 0.1) is 35.3 Å². The second kappa shape index (κ2) is 12.3. The van der Waals surface area contributed by atoms with Gasteiger partial charge in [-0.1, -0.05) is 53.9 Å². The number of nitrogens with one attached hydrogen (secondary N) is 2. The molecule has 3 aliphatic rings. The average molecular weight is 658 g/mol. The Labute approximate surface area is 268 Å². The molecule has 45 heavy (non-hydrogen) atoms. The summed E-state index contributed by atoms with van der Waals surface area (Å²) in [5, 5.41) is 29.6. The second-order valence-corrected chi connectivity index (χ2v) is 12.6. The Bertz CT molecular complexity index is 1690. The van der Waals surface area contributed by atoms with Crippen molar-refractivity contribution in [3.05, 3.63) is 103 Å². The minimum atomic E-state index is -1.47. The van der Waals surface area contributed by atoms with Crippen LogP contribution in [0.3, 0.4) is 0 Å². The first-order chi connectivity index (χ1) is 21.6. The monoisotopic (exact) mass is 656 g/mol. The summed E-state index contributed by atoms with van der Waals surface area (Å²) in [6.07, 6.45) is 2.95. The molecule has 1 saturated carbocycles. The van der Waals surface area contributed by atoms with Crippen molar-refractivity contribution in [2.24, 2.45) is 5.92 Å². The summed E-state index contributed by atoms with van der Waals surface area (Å²) >= 11 is 12.6. The maximum atomic E-state index is 16.1. The largest absolute Gasteiger partial charge is 0.465 e. The number of methoxy groups -OCH3 is 1. The van der Waals surface area contributed by atoms with Crippen LogP contribution in [0, 0.1) is 21.8 Å². The first-order valence-corrected chi connectivity index (χ1v) is 15.4. The van der Waals surface area contributed by atoms with Gasteiger partial charge in [-0.3, -0.25) is 19.8 Å². The first-order valence-electron chi connectivity index (χ1n) is 14.6. The van der Waals surface area contributed by atoms with E-state index < -0.39 is 40.3 Å². The fraction of sp³-hybridized carbons (Fsp3) is 0.375. The number of halogens is 3. The second-order valence-electron chi connectivity index (χ2n) is 11.7. The van der Waals surface area contributed by atoms with Crippen LogP contribution in [0.4, 0.5) is 15.8 Å². The van der Waals surface area contributed by atoms with Crippen LogP contribution in [0.15, 0.2) is 54.6 Å². The third-order valence-electron chi connectivity index (χ3n) is 9.48. The zero-order valence-corrected chi connectivity index (χ0v) is 25.8. The van der Waals surface area contributed by atoms with E-state index >= 15 is 4.39 Å². The summed E-state index contributed by atoms with van der Waals surface area (Å²) in [5.74, 6) is -2.47. The summed E-state index contributed by atoms with van der Waals surface area (Å²) in [7, 11) is 1.18. The lowest BCUT2D eigenvalue weighted by atomic mass is 9.73. The van der Waals surface area contributed by atoms with E-state index in [1.807, 2.05) is 4.90 Å². The highest BCUT2D eigenvalue weighted by atomic mass is 35.5. The molecule has 2 aliphatic heterocycles. The third-order valence-corrected chi connectivity index (χ3v) is 10.0. The minimum absolute atomic E-state index is 0.0180. The highest BCUT2D eigenvalue weighted by Crippen LogP contribution is 2.58. The number of likely N-dealkylation sites (tertiary alicyclic amines) is 1. The zero-order chi connectivity index (χ0) is 32.0. The van der Waals surface area contributed by atoms with E-state index in [0.717, 1.165) is 25.3 Å². The number of amides is 1. The molecule has 3 aromatic carbocycles. The number of carbonyl (C=O) groups is 2. The fourth-order valence-electron chi connectivity index (χ4n) is 7.24. The number of nitro groups is 1. The van der Waals surface area contributed by atoms with Crippen LogP contribution in [-0.2, 0) is 21.6 Å². The molecular formula is C32H31Cl2FN4O6. The molecule has 2 fully saturated rings. The van der Waals surface area contributed by atoms with E-state index in [1.54, 1.807) is 30.3 Å². The SMILES string of the molecule is COC(=O)c1ccc(CN[C@@H]2[C@H](CO)N(CC3CCC3)[C@@]3(C(=O)Nc4cc(Cl)ccc43)[C@H]2c2cccc(Cl)c2F)c([N+](=O)[O-])c1. The molecule has 0 bridgehead atoms. The quantitative estimate of drug-likeness (QED) is 0.159. The predicted octanol–water partition coefficient (Wildman–Crippen LogP) is 5.39. The number of hydrogen-bond acceptors (Lipinski definition) is 8. The Morgan fingerprint density at radius 2 is 2.00 bits per heavy atom. The lowest BCUT2D eigenvalue weighted by molar-refractivity contribution is -0.385. The normalized spacial score (nSPS) is 24.4. The van der Waals surface area contributed by atoms with E-state index in [9.17, 15) is 24.8 Å². The summed E-state index contributed by atoms with van der Waals surface area (Å²) < 4.78 is 20.8. The number of nitro benzene ring substituents is 1. The molecule has 1 saturated heterocycles. The Morgan fingerprint density at radius 1 is 1.22 bits per heavy atom. The Hall–Kier alpha value is -3.61. The molecule has 0 radical (unpaired) electrons. The summed E-state index contributed by atoms with van der Waals surface area (Å²) in [6, 6.07) is 12.2. The standard InChI is InChI=1S/C32H31Cl2FN4O6/c1-45-30(41)18-8-9-19(25(12-18)39(43)44)14-36-29-26(16-40)38(15-17-4-2-5-17)32(27(29)21-6-3-7-23(34)28(21)35)22-11-10-20(33)13-24(22)37-31(32)42/h3,6-13,17,26-27,29,36,40H,2,4-5,14-16H2,1H3,(H,37,42)/t26-,27-,29+,32+/m0/s1. The molecule has 1 aliphatic carbocycles. The maximum Gasteiger partial charge on any atom is 0.338 e. The zero-order valence-electron chi connectivity index (χ0n) is 24.3. The number of carbonyl (C=O) groups excluding carboxylic acids is 2. The van der Waals surface area contributed by atoms with Crippen molar-refractivity contribution in [1.82, 2.24) is 10.2 Å². The Balaban J connectivity index is 1.52. The van der Waals surface area contributed by atoms with Gasteiger partial charge in [0.15, 0.2) is 0 Å². The molecular weight excluding hydrogens is 626 g/mol. The molecule has 236 valence electrons. The van der Waals surface area contributed by atoms with Gasteiger partial charge in [-0.2, -0.15) is 0 Å². The molecule has 1 amide bonds. The lowest BCUT2D eigenvalue weighted by Crippen LogP contribution is -2.54. The summed E-state index contributed by atoms with van der Waals surface area (Å²) in [4.78, 5) is 39.9. The molecule has 1 spiro atoms. The van der Waals surface area contributed by atoms with Crippen LogP contribution < -0.4 is 10.6 Å². The van der Waals surface area contributed by atoms with Crippen LogP contribution in [0.5, 0.6) is 0 Å². The Kier molecular flexibility index (Phi) is 8.57. The molecule has 6 rings (SSSR count). The number of fused-ring (bicyclic) bond motifs is 2. The molecule has 3 aromatic rings. The minimum Gasteiger partial charge on any atom is -0.465 e. The third kappa shape index (κ3) is 5.16. The van der Waals surface area contributed by atoms with Gasteiger partial charge in [0.2, 0.25) is 5.91 Å². The van der Waals surface area contributed by atoms with E-state index in [-0.39, 0.29) is 52.4 Å². The number of hydrogen-bond donors (Lipinski definition) is 3. The van der Waals surface area contributed by atoms with Crippen molar-refractivity contribution in [1.29, 1.82) is 0 Å². The van der Waals surface area contributed by atoms with Crippen LogP contribution in [-0.4, -0.2) is 59.2 Å². The fourth-order valence-corrected chi connectivity index (χ4v) is 7.59. The smallest absolute Gasteiger partial charge is 0.338 e. The van der Waals surface area contributed by atoms with Crippen molar-refractivity contribution in [2.45, 2.75) is 49.3 Å². The van der Waals surface area contributed by atoms with Gasteiger partial charge in [-0.05, 0) is 48.6 Å². The molecule has 0 aromatic heterocycles. The van der Waals surface area contributed by atoms with Gasteiger partial charge in [0, 0.05) is 53.0 Å². The molecule has 10 nitrogen and oxygen atoms in total. The van der Waals surface area contributed by atoms with Crippen molar-refractivity contribution in [3.8, 4) is 0 Å². The number of anilines is 1. The van der Waals surface area contributed by atoms with E-state index in [2.05, 4.69) is 10.6 Å². The topological polar surface area (TPSA) is 134 Å². The van der Waals surface area contributed by atoms with Crippen molar-refractivity contribution in [3.63, 3.8) is 0 Å². The molecule has 2 heterocycles. The van der Waals surface area contributed by atoms with Gasteiger partial charge in [-0.15, -0.1) is 0 Å². The van der Waals surface area contributed by atoms with Gasteiger partial charge in [-0.25, -0.2) is 9.18 Å². The van der Waals surface area contributed by atoms with Gasteiger partial charge < -0.3 is 20.5 Å². The summed E-state index contributed by atoms with van der Waals surface area (Å²) in [6.45, 7) is -0.00396. The van der Waals surface area contributed by atoms with Crippen molar-refractivity contribution in [2.75, 3.05) is 25.6 Å². The number of nitrogens with zero attached hydrogens (tertiary/aromatic N) is 2. The van der Waals surface area contributed by atoms with Crippen LogP contribution in [0.2, 0.25) is 10.0 Å². The molecule has 13 heteroatoms. The van der Waals surface area contributed by atoms with Crippen molar-refractivity contribution < 1.29 is 28.7 Å². The van der Waals surface area contributed by atoms with Gasteiger partial charge >= 0.3 is 5.97 Å². The predicted molar refractivity (Wildman–Crippen MR) is 166 cm³/mol. The van der Waals surface area contributed by atoms with E-state index in [4.69, 9.17) is 27.9 Å². The highest BCUT2D eigenvalue weighted by molar-refractivity contribution is 6.31. The van der Waals surface area contributed by atoms with E-state index in [1.165, 1.54) is 25.3 Å².